The molecule has 8 heteroatoms. The minimum absolute atomic E-state index is 0.0156. The second kappa shape index (κ2) is 11.4. The molecule has 0 saturated carbocycles. The molecule has 0 aliphatic rings. The van der Waals surface area contributed by atoms with E-state index in [0.717, 1.165) is 0 Å². The fourth-order valence-electron chi connectivity index (χ4n) is 2.34. The van der Waals surface area contributed by atoms with Gasteiger partial charge in [0.2, 0.25) is 5.91 Å². The lowest BCUT2D eigenvalue weighted by molar-refractivity contribution is -0.129. The van der Waals surface area contributed by atoms with E-state index in [0.29, 0.717) is 25.1 Å². The molecule has 2 unspecified atom stereocenters. The van der Waals surface area contributed by atoms with Crippen LogP contribution in [0.5, 0.6) is 0 Å². The van der Waals surface area contributed by atoms with Crippen LogP contribution in [-0.2, 0) is 9.59 Å². The molecule has 0 heterocycles. The van der Waals surface area contributed by atoms with Crippen molar-refractivity contribution >= 4 is 29.5 Å². The summed E-state index contributed by atoms with van der Waals surface area (Å²) in [7, 11) is 0. The third-order valence-electron chi connectivity index (χ3n) is 3.50. The number of ketones is 1. The predicted octanol–water partition coefficient (Wildman–Crippen LogP) is 1.26. The van der Waals surface area contributed by atoms with Gasteiger partial charge in [-0.25, -0.2) is 4.79 Å². The number of thioether (sulfide) groups is 1. The Labute approximate surface area is 155 Å². The van der Waals surface area contributed by atoms with Gasteiger partial charge >= 0.3 is 6.03 Å². The highest BCUT2D eigenvalue weighted by Crippen LogP contribution is 2.11. The van der Waals surface area contributed by atoms with Crippen molar-refractivity contribution in [2.24, 2.45) is 11.7 Å². The predicted molar refractivity (Wildman–Crippen MR) is 104 cm³/mol. The van der Waals surface area contributed by atoms with Crippen molar-refractivity contribution in [1.29, 1.82) is 0 Å². The molecular formula is C17H34N4O3S. The van der Waals surface area contributed by atoms with Gasteiger partial charge in [0.05, 0.1) is 17.8 Å². The molecule has 0 aliphatic carbocycles. The zero-order valence-electron chi connectivity index (χ0n) is 16.3. The molecule has 0 aromatic rings. The average molecular weight is 375 g/mol. The van der Waals surface area contributed by atoms with Crippen molar-refractivity contribution in [1.82, 2.24) is 16.0 Å². The van der Waals surface area contributed by atoms with Gasteiger partial charge in [-0.1, -0.05) is 13.8 Å². The lowest BCUT2D eigenvalue weighted by Crippen LogP contribution is -2.56. The van der Waals surface area contributed by atoms with Crippen molar-refractivity contribution in [3.05, 3.63) is 0 Å². The molecule has 0 rings (SSSR count). The molecule has 0 aromatic heterocycles. The number of amides is 3. The van der Waals surface area contributed by atoms with Gasteiger partial charge in [0, 0.05) is 12.1 Å². The molecule has 3 amide bonds. The van der Waals surface area contributed by atoms with E-state index >= 15 is 0 Å². The third-order valence-corrected chi connectivity index (χ3v) is 4.07. The SMILES string of the molecule is CSCC(=O)C(CCCNC(N)=O)NC(=O)C(NC(C)(C)C)C(C)C. The van der Waals surface area contributed by atoms with Crippen LogP contribution in [0.25, 0.3) is 0 Å². The summed E-state index contributed by atoms with van der Waals surface area (Å²) in [5.41, 5.74) is 4.82. The second-order valence-electron chi connectivity index (χ2n) is 7.51. The number of nitrogens with one attached hydrogen (secondary N) is 3. The van der Waals surface area contributed by atoms with Gasteiger partial charge in [-0.05, 0) is 45.8 Å². The van der Waals surface area contributed by atoms with Crippen molar-refractivity contribution in [3.8, 4) is 0 Å². The van der Waals surface area contributed by atoms with E-state index in [1.54, 1.807) is 0 Å². The number of hydrogen-bond acceptors (Lipinski definition) is 5. The Hall–Kier alpha value is -1.28. The van der Waals surface area contributed by atoms with Gasteiger partial charge in [-0.15, -0.1) is 0 Å². The summed E-state index contributed by atoms with van der Waals surface area (Å²) in [6.45, 7) is 10.3. The lowest BCUT2D eigenvalue weighted by Gasteiger charge is -2.31. The average Bonchev–Trinajstić information content (AvgIpc) is 2.46. The summed E-state index contributed by atoms with van der Waals surface area (Å²) in [4.78, 5) is 35.7. The summed E-state index contributed by atoms with van der Waals surface area (Å²) in [6.07, 6.45) is 2.88. The monoisotopic (exact) mass is 374 g/mol. The van der Waals surface area contributed by atoms with Crippen LogP contribution in [0, 0.1) is 5.92 Å². The number of primary amides is 1. The van der Waals surface area contributed by atoms with Gasteiger partial charge in [0.25, 0.3) is 0 Å². The molecule has 0 spiro atoms. The first-order chi connectivity index (χ1) is 11.5. The number of carbonyl (C=O) groups excluding carboxylic acids is 3. The van der Waals surface area contributed by atoms with Crippen molar-refractivity contribution in [2.45, 2.75) is 65.1 Å². The third kappa shape index (κ3) is 11.0. The van der Waals surface area contributed by atoms with E-state index in [2.05, 4.69) is 16.0 Å². The smallest absolute Gasteiger partial charge is 0.312 e. The van der Waals surface area contributed by atoms with Crippen LogP contribution in [0.2, 0.25) is 0 Å². The molecule has 2 atom stereocenters. The van der Waals surface area contributed by atoms with Crippen LogP contribution in [0.4, 0.5) is 4.79 Å². The minimum Gasteiger partial charge on any atom is -0.352 e. The van der Waals surface area contributed by atoms with Gasteiger partial charge in [0.15, 0.2) is 5.78 Å². The Bertz CT molecular complexity index is 450. The standard InChI is InChI=1S/C17H34N4O3S/c1-11(2)14(21-17(3,4)5)15(23)20-12(13(22)10-25-6)8-7-9-19-16(18)24/h11-12,14,21H,7-10H2,1-6H3,(H,20,23)(H3,18,19,24). The van der Waals surface area contributed by atoms with Gasteiger partial charge in [0.1, 0.15) is 0 Å². The molecule has 0 aliphatic heterocycles. The van der Waals surface area contributed by atoms with Crippen LogP contribution in [0.3, 0.4) is 0 Å². The van der Waals surface area contributed by atoms with Crippen molar-refractivity contribution in [3.63, 3.8) is 0 Å². The van der Waals surface area contributed by atoms with E-state index in [9.17, 15) is 14.4 Å². The molecule has 0 bridgehead atoms. The number of hydrogen-bond donors (Lipinski definition) is 4. The summed E-state index contributed by atoms with van der Waals surface area (Å²) < 4.78 is 0. The van der Waals surface area contributed by atoms with Crippen molar-refractivity contribution in [2.75, 3.05) is 18.6 Å². The molecule has 0 aromatic carbocycles. The fraction of sp³-hybridized carbons (Fsp3) is 0.824. The number of carbonyl (C=O) groups is 3. The first kappa shape index (κ1) is 23.7. The molecule has 0 radical (unpaired) electrons. The normalized spacial score (nSPS) is 14.0. The van der Waals surface area contributed by atoms with E-state index in [-0.39, 0.29) is 29.2 Å². The van der Waals surface area contributed by atoms with Crippen LogP contribution in [-0.4, -0.2) is 53.9 Å². The van der Waals surface area contributed by atoms with E-state index < -0.39 is 12.1 Å². The topological polar surface area (TPSA) is 113 Å². The number of Topliss-reactive ketones (excluding diaryl/α,β-unsaturated/α-hetero) is 1. The minimum atomic E-state index is -0.592. The Kier molecular flexibility index (Phi) is 10.8. The number of urea groups is 1. The highest BCUT2D eigenvalue weighted by atomic mass is 32.2. The van der Waals surface area contributed by atoms with E-state index in [1.807, 2.05) is 40.9 Å². The van der Waals surface area contributed by atoms with Crippen LogP contribution in [0.1, 0.15) is 47.5 Å². The molecular weight excluding hydrogens is 340 g/mol. The Morgan fingerprint density at radius 2 is 1.76 bits per heavy atom. The molecule has 0 saturated heterocycles. The molecule has 5 N–H and O–H groups in total. The zero-order chi connectivity index (χ0) is 19.6. The van der Waals surface area contributed by atoms with Crippen LogP contribution < -0.4 is 21.7 Å². The summed E-state index contributed by atoms with van der Waals surface area (Å²) in [6, 6.07) is -1.53. The van der Waals surface area contributed by atoms with Crippen molar-refractivity contribution < 1.29 is 14.4 Å². The van der Waals surface area contributed by atoms with Crippen LogP contribution in [0.15, 0.2) is 0 Å². The molecule has 7 nitrogen and oxygen atoms in total. The van der Waals surface area contributed by atoms with Gasteiger partial charge < -0.3 is 21.7 Å². The zero-order valence-corrected chi connectivity index (χ0v) is 17.1. The maximum Gasteiger partial charge on any atom is 0.312 e. The maximum atomic E-state index is 12.7. The van der Waals surface area contributed by atoms with Gasteiger partial charge in [-0.3, -0.25) is 9.59 Å². The number of nitrogens with two attached hydrogens (primary N) is 1. The number of rotatable bonds is 11. The maximum absolute atomic E-state index is 12.7. The Morgan fingerprint density at radius 1 is 1.16 bits per heavy atom. The summed E-state index contributed by atoms with van der Waals surface area (Å²) in [5.74, 6) is 0.241. The Balaban J connectivity index is 4.90. The molecule has 0 fully saturated rings. The quantitative estimate of drug-likeness (QED) is 0.407. The lowest BCUT2D eigenvalue weighted by atomic mass is 9.97. The molecule has 146 valence electrons. The van der Waals surface area contributed by atoms with Crippen LogP contribution >= 0.6 is 11.8 Å². The highest BCUT2D eigenvalue weighted by molar-refractivity contribution is 7.99. The first-order valence-electron chi connectivity index (χ1n) is 8.61. The highest BCUT2D eigenvalue weighted by Gasteiger charge is 2.29. The van der Waals surface area contributed by atoms with Gasteiger partial charge in [-0.2, -0.15) is 11.8 Å². The Morgan fingerprint density at radius 3 is 2.20 bits per heavy atom. The molecule has 25 heavy (non-hydrogen) atoms. The fourth-order valence-corrected chi connectivity index (χ4v) is 2.82. The summed E-state index contributed by atoms with van der Waals surface area (Å²) in [5, 5.41) is 8.69. The largest absolute Gasteiger partial charge is 0.352 e. The second-order valence-corrected chi connectivity index (χ2v) is 8.38. The van der Waals surface area contributed by atoms with E-state index in [4.69, 9.17) is 5.73 Å². The summed E-state index contributed by atoms with van der Waals surface area (Å²) >= 11 is 1.43. The first-order valence-corrected chi connectivity index (χ1v) is 10.00. The van der Waals surface area contributed by atoms with E-state index in [1.165, 1.54) is 11.8 Å².